The zero-order chi connectivity index (χ0) is 17.5. The lowest BCUT2D eigenvalue weighted by Crippen LogP contribution is -2.24. The van der Waals surface area contributed by atoms with Gasteiger partial charge in [0, 0.05) is 18.7 Å². The maximum atomic E-state index is 13.5. The molecule has 24 heavy (non-hydrogen) atoms. The van der Waals surface area contributed by atoms with Crippen LogP contribution in [-0.4, -0.2) is 19.0 Å². The molecule has 1 amide bonds. The average molecular weight is 328 g/mol. The first kappa shape index (κ1) is 18.1. The third-order valence-corrected chi connectivity index (χ3v) is 4.00. The number of nitrogens with one attached hydrogen (secondary N) is 2. The Morgan fingerprint density at radius 1 is 1.04 bits per heavy atom. The van der Waals surface area contributed by atoms with Crippen LogP contribution in [0.4, 0.5) is 10.1 Å². The zero-order valence-electron chi connectivity index (χ0n) is 14.6. The van der Waals surface area contributed by atoms with Crippen molar-refractivity contribution in [1.82, 2.24) is 5.32 Å². The Morgan fingerprint density at radius 3 is 2.38 bits per heavy atom. The van der Waals surface area contributed by atoms with Crippen LogP contribution < -0.4 is 10.6 Å². The fraction of sp³-hybridized carbons (Fsp3) is 0.350. The van der Waals surface area contributed by atoms with E-state index in [4.69, 9.17) is 0 Å². The molecule has 0 aliphatic carbocycles. The molecule has 3 nitrogen and oxygen atoms in total. The number of hydrogen-bond acceptors (Lipinski definition) is 2. The summed E-state index contributed by atoms with van der Waals surface area (Å²) in [5.74, 6) is -0.189. The van der Waals surface area contributed by atoms with Crippen molar-refractivity contribution in [3.05, 3.63) is 64.5 Å². The number of aryl methyl sites for hydroxylation is 3. The van der Waals surface area contributed by atoms with Gasteiger partial charge in [-0.2, -0.15) is 0 Å². The molecule has 0 radical (unpaired) electrons. The van der Waals surface area contributed by atoms with Crippen LogP contribution in [0.2, 0.25) is 0 Å². The molecular formula is C20H25FN2O. The van der Waals surface area contributed by atoms with E-state index in [2.05, 4.69) is 22.8 Å². The van der Waals surface area contributed by atoms with Crippen LogP contribution in [0, 0.1) is 26.6 Å². The van der Waals surface area contributed by atoms with E-state index >= 15 is 0 Å². The minimum absolute atomic E-state index is 0.0107. The lowest BCUT2D eigenvalue weighted by Gasteiger charge is -2.13. The van der Waals surface area contributed by atoms with Gasteiger partial charge in [0.15, 0.2) is 0 Å². The van der Waals surface area contributed by atoms with Crippen LogP contribution in [0.15, 0.2) is 36.4 Å². The number of carbonyl (C=O) groups excluding carboxylic acids is 1. The third kappa shape index (κ3) is 5.17. The number of carbonyl (C=O) groups is 1. The Hall–Kier alpha value is -2.20. The Morgan fingerprint density at radius 2 is 1.71 bits per heavy atom. The molecule has 0 bridgehead atoms. The van der Waals surface area contributed by atoms with Gasteiger partial charge in [-0.25, -0.2) is 4.39 Å². The van der Waals surface area contributed by atoms with Crippen molar-refractivity contribution in [3.63, 3.8) is 0 Å². The molecule has 0 atom stereocenters. The van der Waals surface area contributed by atoms with E-state index in [1.165, 1.54) is 11.6 Å². The monoisotopic (exact) mass is 328 g/mol. The van der Waals surface area contributed by atoms with Crippen molar-refractivity contribution >= 4 is 11.6 Å². The number of rotatable bonds is 7. The maximum absolute atomic E-state index is 13.5. The first-order chi connectivity index (χ1) is 11.5. The summed E-state index contributed by atoms with van der Waals surface area (Å²) >= 11 is 0. The van der Waals surface area contributed by atoms with E-state index in [0.717, 1.165) is 16.8 Å². The molecule has 0 fully saturated rings. The summed E-state index contributed by atoms with van der Waals surface area (Å²) in [4.78, 5) is 12.1. The minimum Gasteiger partial charge on any atom is -0.326 e. The predicted octanol–water partition coefficient (Wildman–Crippen LogP) is 3.91. The van der Waals surface area contributed by atoms with E-state index in [1.807, 2.05) is 26.8 Å². The summed E-state index contributed by atoms with van der Waals surface area (Å²) in [5.41, 5.74) is 4.94. The highest BCUT2D eigenvalue weighted by Crippen LogP contribution is 2.21. The second kappa shape index (κ2) is 8.60. The summed E-state index contributed by atoms with van der Waals surface area (Å²) < 4.78 is 13.5. The van der Waals surface area contributed by atoms with Gasteiger partial charge >= 0.3 is 0 Å². The molecule has 0 saturated carbocycles. The van der Waals surface area contributed by atoms with Crippen LogP contribution >= 0.6 is 0 Å². The number of anilines is 1. The molecule has 2 N–H and O–H groups in total. The molecule has 0 aliphatic rings. The van der Waals surface area contributed by atoms with E-state index < -0.39 is 0 Å². The van der Waals surface area contributed by atoms with Gasteiger partial charge < -0.3 is 10.6 Å². The smallest absolute Gasteiger partial charge is 0.225 e. The Bertz CT molecular complexity index is 690. The highest BCUT2D eigenvalue weighted by molar-refractivity contribution is 5.92. The first-order valence-electron chi connectivity index (χ1n) is 8.29. The van der Waals surface area contributed by atoms with Gasteiger partial charge in [-0.05, 0) is 56.5 Å². The van der Waals surface area contributed by atoms with Crippen molar-refractivity contribution in [2.24, 2.45) is 0 Å². The molecule has 2 aromatic carbocycles. The quantitative estimate of drug-likeness (QED) is 0.757. The van der Waals surface area contributed by atoms with Crippen LogP contribution in [0.25, 0.3) is 0 Å². The topological polar surface area (TPSA) is 41.1 Å². The van der Waals surface area contributed by atoms with Gasteiger partial charge in [0.25, 0.3) is 0 Å². The van der Waals surface area contributed by atoms with E-state index in [0.29, 0.717) is 31.5 Å². The van der Waals surface area contributed by atoms with E-state index in [-0.39, 0.29) is 11.7 Å². The number of hydrogen-bond donors (Lipinski definition) is 2. The van der Waals surface area contributed by atoms with Crippen molar-refractivity contribution in [2.45, 2.75) is 33.6 Å². The van der Waals surface area contributed by atoms with Crippen molar-refractivity contribution in [2.75, 3.05) is 18.4 Å². The predicted molar refractivity (Wildman–Crippen MR) is 96.9 cm³/mol. The van der Waals surface area contributed by atoms with Crippen LogP contribution in [0.3, 0.4) is 0 Å². The van der Waals surface area contributed by atoms with Crippen molar-refractivity contribution in [3.8, 4) is 0 Å². The van der Waals surface area contributed by atoms with Gasteiger partial charge in [-0.1, -0.05) is 35.9 Å². The van der Waals surface area contributed by atoms with Crippen LogP contribution in [-0.2, 0) is 11.2 Å². The minimum atomic E-state index is -0.178. The highest BCUT2D eigenvalue weighted by Gasteiger charge is 2.08. The Balaban J connectivity index is 1.73. The normalized spacial score (nSPS) is 10.7. The summed E-state index contributed by atoms with van der Waals surface area (Å²) in [6.45, 7) is 7.27. The third-order valence-electron chi connectivity index (χ3n) is 4.00. The summed E-state index contributed by atoms with van der Waals surface area (Å²) in [7, 11) is 0. The lowest BCUT2D eigenvalue weighted by atomic mass is 10.1. The fourth-order valence-electron chi connectivity index (χ4n) is 2.83. The van der Waals surface area contributed by atoms with Crippen molar-refractivity contribution in [1.29, 1.82) is 0 Å². The summed E-state index contributed by atoms with van der Waals surface area (Å²) in [6.07, 6.45) is 1.01. The van der Waals surface area contributed by atoms with Crippen LogP contribution in [0.1, 0.15) is 28.7 Å². The molecule has 128 valence electrons. The SMILES string of the molecule is Cc1cc(C)c(NC(=O)CCNCCc2ccccc2F)c(C)c1. The van der Waals surface area contributed by atoms with Gasteiger partial charge in [0.05, 0.1) is 0 Å². The van der Waals surface area contributed by atoms with Gasteiger partial charge in [-0.15, -0.1) is 0 Å². The molecule has 0 unspecified atom stereocenters. The number of halogens is 1. The van der Waals surface area contributed by atoms with Gasteiger partial charge in [0.1, 0.15) is 5.82 Å². The lowest BCUT2D eigenvalue weighted by molar-refractivity contribution is -0.116. The Labute approximate surface area is 143 Å². The van der Waals surface area contributed by atoms with Crippen molar-refractivity contribution < 1.29 is 9.18 Å². The molecule has 2 aromatic rings. The number of benzene rings is 2. The molecule has 0 spiro atoms. The molecule has 0 aromatic heterocycles. The fourth-order valence-corrected chi connectivity index (χ4v) is 2.83. The largest absolute Gasteiger partial charge is 0.326 e. The van der Waals surface area contributed by atoms with Gasteiger partial charge in [0.2, 0.25) is 5.91 Å². The highest BCUT2D eigenvalue weighted by atomic mass is 19.1. The summed E-state index contributed by atoms with van der Waals surface area (Å²) in [6, 6.07) is 10.9. The zero-order valence-corrected chi connectivity index (χ0v) is 14.6. The average Bonchev–Trinajstić information content (AvgIpc) is 2.52. The summed E-state index contributed by atoms with van der Waals surface area (Å²) in [5, 5.41) is 6.17. The maximum Gasteiger partial charge on any atom is 0.225 e. The first-order valence-corrected chi connectivity index (χ1v) is 8.29. The molecule has 0 aliphatic heterocycles. The van der Waals surface area contributed by atoms with E-state index in [9.17, 15) is 9.18 Å². The molecular weight excluding hydrogens is 303 g/mol. The second-order valence-corrected chi connectivity index (χ2v) is 6.16. The second-order valence-electron chi connectivity index (χ2n) is 6.16. The Kier molecular flexibility index (Phi) is 6.50. The number of amides is 1. The molecule has 0 saturated heterocycles. The van der Waals surface area contributed by atoms with Gasteiger partial charge in [-0.3, -0.25) is 4.79 Å². The molecule has 4 heteroatoms. The molecule has 2 rings (SSSR count). The van der Waals surface area contributed by atoms with Crippen LogP contribution in [0.5, 0.6) is 0 Å². The van der Waals surface area contributed by atoms with E-state index in [1.54, 1.807) is 12.1 Å². The molecule has 0 heterocycles. The standard InChI is InChI=1S/C20H25FN2O/c1-14-12-15(2)20(16(3)13-14)23-19(24)9-11-22-10-8-17-6-4-5-7-18(17)21/h4-7,12-13,22H,8-11H2,1-3H3,(H,23,24).